The van der Waals surface area contributed by atoms with Gasteiger partial charge in [-0.3, -0.25) is 4.79 Å². The second-order valence-corrected chi connectivity index (χ2v) is 5.54. The van der Waals surface area contributed by atoms with Crippen molar-refractivity contribution in [2.45, 2.75) is 38.8 Å². The lowest BCUT2D eigenvalue weighted by molar-refractivity contribution is -0.137. The predicted molar refractivity (Wildman–Crippen MR) is 75.4 cm³/mol. The summed E-state index contributed by atoms with van der Waals surface area (Å²) in [6.07, 6.45) is 1.31. The van der Waals surface area contributed by atoms with Crippen molar-refractivity contribution in [2.75, 3.05) is 6.54 Å². The molecule has 0 aliphatic carbocycles. The largest absolute Gasteiger partial charge is 0.478 e. The fraction of sp³-hybridized carbons (Fsp3) is 0.467. The van der Waals surface area contributed by atoms with Gasteiger partial charge in [-0.25, -0.2) is 4.79 Å². The van der Waals surface area contributed by atoms with Crippen LogP contribution in [-0.2, 0) is 17.8 Å². The fourth-order valence-corrected chi connectivity index (χ4v) is 2.38. The van der Waals surface area contributed by atoms with E-state index in [1.807, 2.05) is 13.0 Å². The maximum Gasteiger partial charge on any atom is 0.335 e. The number of fused-ring (bicyclic) bond motifs is 1. The molecule has 1 aliphatic heterocycles. The Kier molecular flexibility index (Phi) is 3.81. The van der Waals surface area contributed by atoms with Crippen LogP contribution in [0.5, 0.6) is 0 Å². The van der Waals surface area contributed by atoms with Gasteiger partial charge in [0.05, 0.1) is 11.1 Å². The molecule has 1 aromatic carbocycles. The van der Waals surface area contributed by atoms with E-state index in [-0.39, 0.29) is 11.5 Å². The molecule has 5 nitrogen and oxygen atoms in total. The first kappa shape index (κ1) is 14.5. The van der Waals surface area contributed by atoms with E-state index in [1.54, 1.807) is 24.0 Å². The number of rotatable bonds is 3. The first-order valence-electron chi connectivity index (χ1n) is 6.78. The zero-order chi connectivity index (χ0) is 14.9. The average Bonchev–Trinajstić information content (AvgIpc) is 2.45. The fourth-order valence-electron chi connectivity index (χ4n) is 2.38. The molecule has 1 atom stereocenters. The summed E-state index contributed by atoms with van der Waals surface area (Å²) in [7, 11) is 0. The summed E-state index contributed by atoms with van der Waals surface area (Å²) in [4.78, 5) is 25.1. The van der Waals surface area contributed by atoms with E-state index in [0.29, 0.717) is 19.5 Å². The van der Waals surface area contributed by atoms with E-state index in [9.17, 15) is 9.59 Å². The minimum absolute atomic E-state index is 0.0774. The highest BCUT2D eigenvalue weighted by molar-refractivity contribution is 5.88. The molecule has 1 aromatic rings. The second-order valence-electron chi connectivity index (χ2n) is 5.54. The van der Waals surface area contributed by atoms with E-state index in [1.165, 1.54) is 0 Å². The van der Waals surface area contributed by atoms with Gasteiger partial charge in [0, 0.05) is 13.1 Å². The summed E-state index contributed by atoms with van der Waals surface area (Å²) in [5.74, 6) is -1.03. The molecule has 0 aromatic heterocycles. The van der Waals surface area contributed by atoms with Gasteiger partial charge < -0.3 is 15.7 Å². The lowest BCUT2D eigenvalue weighted by Gasteiger charge is -2.34. The predicted octanol–water partition coefficient (Wildman–Crippen LogP) is 1.40. The first-order valence-corrected chi connectivity index (χ1v) is 6.78. The van der Waals surface area contributed by atoms with Gasteiger partial charge in [0.15, 0.2) is 0 Å². The lowest BCUT2D eigenvalue weighted by Crippen LogP contribution is -2.53. The summed E-state index contributed by atoms with van der Waals surface area (Å²) in [5.41, 5.74) is 7.40. The number of aromatic carboxylic acids is 1. The monoisotopic (exact) mass is 276 g/mol. The Bertz CT molecular complexity index is 552. The van der Waals surface area contributed by atoms with Crippen LogP contribution < -0.4 is 5.73 Å². The molecule has 3 N–H and O–H groups in total. The third-order valence-electron chi connectivity index (χ3n) is 3.98. The van der Waals surface area contributed by atoms with E-state index in [0.717, 1.165) is 17.5 Å². The Labute approximate surface area is 118 Å². The van der Waals surface area contributed by atoms with Crippen molar-refractivity contribution >= 4 is 11.9 Å². The normalized spacial score (nSPS) is 17.2. The molecule has 0 saturated carbocycles. The molecule has 2 rings (SSSR count). The van der Waals surface area contributed by atoms with Crippen LogP contribution in [0.15, 0.2) is 18.2 Å². The highest BCUT2D eigenvalue weighted by Crippen LogP contribution is 2.23. The Morgan fingerprint density at radius 2 is 2.10 bits per heavy atom. The van der Waals surface area contributed by atoms with Gasteiger partial charge in [0.25, 0.3) is 0 Å². The van der Waals surface area contributed by atoms with Crippen molar-refractivity contribution in [1.29, 1.82) is 0 Å². The Balaban J connectivity index is 2.24. The number of carbonyl (C=O) groups is 2. The first-order chi connectivity index (χ1) is 9.35. The van der Waals surface area contributed by atoms with Gasteiger partial charge in [0.1, 0.15) is 0 Å². The van der Waals surface area contributed by atoms with Gasteiger partial charge in [-0.05, 0) is 43.0 Å². The molecule has 0 saturated heterocycles. The van der Waals surface area contributed by atoms with Gasteiger partial charge in [-0.2, -0.15) is 0 Å². The Hall–Kier alpha value is -1.88. The molecule has 1 unspecified atom stereocenters. The number of nitrogens with two attached hydrogens (primary N) is 1. The molecule has 0 bridgehead atoms. The SMILES string of the molecule is CCC(C)(N)C(=O)N1CCc2ccc(C(=O)O)cc2C1. The number of hydrogen-bond acceptors (Lipinski definition) is 3. The zero-order valence-electron chi connectivity index (χ0n) is 11.8. The van der Waals surface area contributed by atoms with Crippen molar-refractivity contribution in [1.82, 2.24) is 4.90 Å². The molecule has 1 heterocycles. The highest BCUT2D eigenvalue weighted by Gasteiger charge is 2.32. The molecule has 0 radical (unpaired) electrons. The summed E-state index contributed by atoms with van der Waals surface area (Å²) in [6.45, 7) is 4.68. The van der Waals surface area contributed by atoms with E-state index < -0.39 is 11.5 Å². The van der Waals surface area contributed by atoms with Gasteiger partial charge >= 0.3 is 5.97 Å². The van der Waals surface area contributed by atoms with Crippen LogP contribution in [0.3, 0.4) is 0 Å². The Morgan fingerprint density at radius 3 is 2.70 bits per heavy atom. The molecule has 0 fully saturated rings. The third kappa shape index (κ3) is 2.67. The van der Waals surface area contributed by atoms with Crippen molar-refractivity contribution in [3.63, 3.8) is 0 Å². The maximum atomic E-state index is 12.4. The summed E-state index contributed by atoms with van der Waals surface area (Å²) in [6, 6.07) is 5.09. The minimum Gasteiger partial charge on any atom is -0.478 e. The molecular formula is C15H20N2O3. The van der Waals surface area contributed by atoms with Crippen LogP contribution in [0.1, 0.15) is 41.8 Å². The van der Waals surface area contributed by atoms with Crippen molar-refractivity contribution in [2.24, 2.45) is 5.73 Å². The van der Waals surface area contributed by atoms with Gasteiger partial charge in [-0.15, -0.1) is 0 Å². The zero-order valence-corrected chi connectivity index (χ0v) is 11.8. The standard InChI is InChI=1S/C15H20N2O3/c1-3-15(2,16)14(20)17-7-6-10-4-5-11(13(18)19)8-12(10)9-17/h4-5,8H,3,6-7,9,16H2,1-2H3,(H,18,19). The second kappa shape index (κ2) is 5.25. The smallest absolute Gasteiger partial charge is 0.335 e. The summed E-state index contributed by atoms with van der Waals surface area (Å²) < 4.78 is 0. The summed E-state index contributed by atoms with van der Waals surface area (Å²) in [5, 5.41) is 9.03. The van der Waals surface area contributed by atoms with Gasteiger partial charge in [-0.1, -0.05) is 13.0 Å². The number of carbonyl (C=O) groups excluding carboxylic acids is 1. The molecule has 1 aliphatic rings. The van der Waals surface area contributed by atoms with Crippen LogP contribution >= 0.6 is 0 Å². The molecule has 20 heavy (non-hydrogen) atoms. The number of amides is 1. The number of hydrogen-bond donors (Lipinski definition) is 2. The molecule has 0 spiro atoms. The van der Waals surface area contributed by atoms with E-state index in [4.69, 9.17) is 10.8 Å². The molecule has 5 heteroatoms. The average molecular weight is 276 g/mol. The van der Waals surface area contributed by atoms with Crippen LogP contribution in [-0.4, -0.2) is 34.0 Å². The molecular weight excluding hydrogens is 256 g/mol. The van der Waals surface area contributed by atoms with Gasteiger partial charge in [0.2, 0.25) is 5.91 Å². The van der Waals surface area contributed by atoms with Crippen LogP contribution in [0.2, 0.25) is 0 Å². The topological polar surface area (TPSA) is 83.6 Å². The molecule has 108 valence electrons. The number of nitrogens with zero attached hydrogens (tertiary/aromatic N) is 1. The van der Waals surface area contributed by atoms with Crippen molar-refractivity contribution in [3.8, 4) is 0 Å². The van der Waals surface area contributed by atoms with Crippen LogP contribution in [0.25, 0.3) is 0 Å². The highest BCUT2D eigenvalue weighted by atomic mass is 16.4. The van der Waals surface area contributed by atoms with Crippen molar-refractivity contribution in [3.05, 3.63) is 34.9 Å². The number of carboxylic acids is 1. The van der Waals surface area contributed by atoms with E-state index >= 15 is 0 Å². The van der Waals surface area contributed by atoms with Crippen LogP contribution in [0.4, 0.5) is 0 Å². The number of benzene rings is 1. The quantitative estimate of drug-likeness (QED) is 0.874. The lowest BCUT2D eigenvalue weighted by atomic mass is 9.93. The van der Waals surface area contributed by atoms with E-state index in [2.05, 4.69) is 0 Å². The summed E-state index contributed by atoms with van der Waals surface area (Å²) >= 11 is 0. The van der Waals surface area contributed by atoms with Crippen LogP contribution in [0, 0.1) is 0 Å². The maximum absolute atomic E-state index is 12.4. The minimum atomic E-state index is -0.950. The number of carboxylic acid groups (broad SMARTS) is 1. The molecule has 1 amide bonds. The van der Waals surface area contributed by atoms with Crippen molar-refractivity contribution < 1.29 is 14.7 Å². The third-order valence-corrected chi connectivity index (χ3v) is 3.98. The Morgan fingerprint density at radius 1 is 1.40 bits per heavy atom.